The molecule has 1 aromatic heterocycles. The zero-order valence-corrected chi connectivity index (χ0v) is 15.4. The van der Waals surface area contributed by atoms with Crippen molar-refractivity contribution in [2.75, 3.05) is 19.0 Å². The summed E-state index contributed by atoms with van der Waals surface area (Å²) >= 11 is 0. The standard InChI is InChI=1S/C21H22N2O3/c1-5-26-21(24)17-12-22-20-16(7-6-8-18(20)25-4)19(17)23-15-10-9-13(2)14(3)11-15/h6-12H,5H2,1-4H3,(H,22,23). The molecule has 0 saturated heterocycles. The number of hydrogen-bond acceptors (Lipinski definition) is 5. The average molecular weight is 350 g/mol. The number of ether oxygens (including phenoxy) is 2. The number of nitrogens with zero attached hydrogens (tertiary/aromatic N) is 1. The number of esters is 1. The smallest absolute Gasteiger partial charge is 0.341 e. The summed E-state index contributed by atoms with van der Waals surface area (Å²) in [6.07, 6.45) is 1.53. The zero-order chi connectivity index (χ0) is 18.7. The molecule has 3 rings (SSSR count). The summed E-state index contributed by atoms with van der Waals surface area (Å²) in [5.74, 6) is 0.247. The first-order valence-electron chi connectivity index (χ1n) is 8.52. The molecule has 0 fully saturated rings. The minimum atomic E-state index is -0.406. The highest BCUT2D eigenvalue weighted by molar-refractivity contribution is 6.07. The second kappa shape index (κ2) is 7.44. The number of carbonyl (C=O) groups excluding carboxylic acids is 1. The van der Waals surface area contributed by atoms with E-state index in [1.54, 1.807) is 14.0 Å². The number of anilines is 2. The van der Waals surface area contributed by atoms with Crippen molar-refractivity contribution < 1.29 is 14.3 Å². The van der Waals surface area contributed by atoms with Crippen LogP contribution in [0.3, 0.4) is 0 Å². The van der Waals surface area contributed by atoms with Crippen molar-refractivity contribution in [2.45, 2.75) is 20.8 Å². The van der Waals surface area contributed by atoms with Crippen LogP contribution in [-0.4, -0.2) is 24.7 Å². The molecule has 0 aliphatic heterocycles. The van der Waals surface area contributed by atoms with E-state index in [4.69, 9.17) is 9.47 Å². The van der Waals surface area contributed by atoms with E-state index < -0.39 is 5.97 Å². The summed E-state index contributed by atoms with van der Waals surface area (Å²) in [6.45, 7) is 6.21. The number of fused-ring (bicyclic) bond motifs is 1. The third kappa shape index (κ3) is 3.33. The fraction of sp³-hybridized carbons (Fsp3) is 0.238. The molecule has 134 valence electrons. The number of methoxy groups -OCH3 is 1. The van der Waals surface area contributed by atoms with E-state index >= 15 is 0 Å². The maximum absolute atomic E-state index is 12.4. The van der Waals surface area contributed by atoms with Crippen LogP contribution in [0.15, 0.2) is 42.6 Å². The van der Waals surface area contributed by atoms with Crippen molar-refractivity contribution in [3.63, 3.8) is 0 Å². The Labute approximate surface area is 153 Å². The number of rotatable bonds is 5. The Kier molecular flexibility index (Phi) is 5.07. The first-order valence-corrected chi connectivity index (χ1v) is 8.52. The first-order chi connectivity index (χ1) is 12.5. The van der Waals surface area contributed by atoms with Gasteiger partial charge in [0.05, 0.1) is 19.4 Å². The Bertz CT molecular complexity index is 967. The molecule has 0 atom stereocenters. The van der Waals surface area contributed by atoms with E-state index in [1.165, 1.54) is 17.3 Å². The van der Waals surface area contributed by atoms with Crippen LogP contribution in [0.25, 0.3) is 10.9 Å². The van der Waals surface area contributed by atoms with Crippen LogP contribution in [0.2, 0.25) is 0 Å². The molecule has 0 aliphatic rings. The van der Waals surface area contributed by atoms with Crippen molar-refractivity contribution in [3.05, 3.63) is 59.3 Å². The van der Waals surface area contributed by atoms with E-state index in [2.05, 4.69) is 30.2 Å². The van der Waals surface area contributed by atoms with Gasteiger partial charge in [-0.1, -0.05) is 18.2 Å². The van der Waals surface area contributed by atoms with Crippen molar-refractivity contribution in [1.82, 2.24) is 4.98 Å². The summed E-state index contributed by atoms with van der Waals surface area (Å²) < 4.78 is 10.6. The molecular weight excluding hydrogens is 328 g/mol. The zero-order valence-electron chi connectivity index (χ0n) is 15.4. The number of carbonyl (C=O) groups is 1. The molecule has 0 aliphatic carbocycles. The van der Waals surface area contributed by atoms with E-state index in [1.807, 2.05) is 30.3 Å². The van der Waals surface area contributed by atoms with Gasteiger partial charge in [0.25, 0.3) is 0 Å². The molecule has 0 spiro atoms. The molecule has 5 nitrogen and oxygen atoms in total. The van der Waals surface area contributed by atoms with E-state index in [9.17, 15) is 4.79 Å². The Hall–Kier alpha value is -3.08. The van der Waals surface area contributed by atoms with Crippen LogP contribution >= 0.6 is 0 Å². The van der Waals surface area contributed by atoms with Crippen LogP contribution in [-0.2, 0) is 4.74 Å². The summed E-state index contributed by atoms with van der Waals surface area (Å²) in [5, 5.41) is 4.18. The van der Waals surface area contributed by atoms with Gasteiger partial charge in [-0.25, -0.2) is 4.79 Å². The lowest BCUT2D eigenvalue weighted by molar-refractivity contribution is 0.0527. The van der Waals surface area contributed by atoms with Crippen LogP contribution in [0.4, 0.5) is 11.4 Å². The van der Waals surface area contributed by atoms with Gasteiger partial charge in [-0.05, 0) is 50.1 Å². The number of hydrogen-bond donors (Lipinski definition) is 1. The molecule has 0 radical (unpaired) electrons. The first kappa shape index (κ1) is 17.7. The molecule has 0 bridgehead atoms. The Morgan fingerprint density at radius 2 is 1.96 bits per heavy atom. The number of para-hydroxylation sites is 1. The van der Waals surface area contributed by atoms with Gasteiger partial charge in [-0.15, -0.1) is 0 Å². The van der Waals surface area contributed by atoms with Gasteiger partial charge in [0.2, 0.25) is 0 Å². The van der Waals surface area contributed by atoms with Gasteiger partial charge < -0.3 is 14.8 Å². The number of benzene rings is 2. The second-order valence-corrected chi connectivity index (χ2v) is 6.05. The number of nitrogens with one attached hydrogen (secondary N) is 1. The van der Waals surface area contributed by atoms with Crippen molar-refractivity contribution >= 4 is 28.2 Å². The van der Waals surface area contributed by atoms with Crippen molar-refractivity contribution in [2.24, 2.45) is 0 Å². The predicted octanol–water partition coefficient (Wildman–Crippen LogP) is 4.78. The maximum atomic E-state index is 12.4. The van der Waals surface area contributed by atoms with Crippen LogP contribution < -0.4 is 10.1 Å². The molecule has 26 heavy (non-hydrogen) atoms. The van der Waals surface area contributed by atoms with E-state index in [0.717, 1.165) is 11.1 Å². The van der Waals surface area contributed by atoms with E-state index in [0.29, 0.717) is 29.1 Å². The molecule has 1 N–H and O–H groups in total. The third-order valence-electron chi connectivity index (χ3n) is 4.35. The normalized spacial score (nSPS) is 10.6. The van der Waals surface area contributed by atoms with Gasteiger partial charge >= 0.3 is 5.97 Å². The summed E-state index contributed by atoms with van der Waals surface area (Å²) in [7, 11) is 1.60. The van der Waals surface area contributed by atoms with E-state index in [-0.39, 0.29) is 0 Å². The lowest BCUT2D eigenvalue weighted by Gasteiger charge is -2.16. The monoisotopic (exact) mass is 350 g/mol. The Morgan fingerprint density at radius 3 is 2.65 bits per heavy atom. The van der Waals surface area contributed by atoms with Gasteiger partial charge in [0, 0.05) is 17.3 Å². The quantitative estimate of drug-likeness (QED) is 0.671. The van der Waals surface area contributed by atoms with Crippen molar-refractivity contribution in [1.29, 1.82) is 0 Å². The minimum absolute atomic E-state index is 0.304. The molecule has 5 heteroatoms. The van der Waals surface area contributed by atoms with Crippen LogP contribution in [0.1, 0.15) is 28.4 Å². The fourth-order valence-corrected chi connectivity index (χ4v) is 2.82. The average Bonchev–Trinajstić information content (AvgIpc) is 2.64. The molecule has 1 heterocycles. The highest BCUT2D eigenvalue weighted by Gasteiger charge is 2.18. The van der Waals surface area contributed by atoms with Crippen LogP contribution in [0, 0.1) is 13.8 Å². The molecule has 0 amide bonds. The molecule has 0 saturated carbocycles. The fourth-order valence-electron chi connectivity index (χ4n) is 2.82. The lowest BCUT2D eigenvalue weighted by Crippen LogP contribution is -2.09. The number of pyridine rings is 1. The Morgan fingerprint density at radius 1 is 1.15 bits per heavy atom. The molecule has 0 unspecified atom stereocenters. The van der Waals surface area contributed by atoms with Gasteiger partial charge in [-0.3, -0.25) is 4.98 Å². The number of aromatic nitrogens is 1. The third-order valence-corrected chi connectivity index (χ3v) is 4.35. The largest absolute Gasteiger partial charge is 0.494 e. The van der Waals surface area contributed by atoms with Gasteiger partial charge in [-0.2, -0.15) is 0 Å². The second-order valence-electron chi connectivity index (χ2n) is 6.05. The maximum Gasteiger partial charge on any atom is 0.341 e. The van der Waals surface area contributed by atoms with Gasteiger partial charge in [0.1, 0.15) is 16.8 Å². The molecular formula is C21H22N2O3. The SMILES string of the molecule is CCOC(=O)c1cnc2c(OC)cccc2c1Nc1ccc(C)c(C)c1. The molecule has 3 aromatic rings. The summed E-state index contributed by atoms with van der Waals surface area (Å²) in [6, 6.07) is 11.7. The summed E-state index contributed by atoms with van der Waals surface area (Å²) in [4.78, 5) is 16.9. The predicted molar refractivity (Wildman–Crippen MR) is 103 cm³/mol. The Balaban J connectivity index is 2.19. The van der Waals surface area contributed by atoms with Crippen molar-refractivity contribution in [3.8, 4) is 5.75 Å². The van der Waals surface area contributed by atoms with Crippen LogP contribution in [0.5, 0.6) is 5.75 Å². The topological polar surface area (TPSA) is 60.5 Å². The summed E-state index contributed by atoms with van der Waals surface area (Å²) in [5.41, 5.74) is 5.02. The minimum Gasteiger partial charge on any atom is -0.494 e. The highest BCUT2D eigenvalue weighted by atomic mass is 16.5. The van der Waals surface area contributed by atoms with Gasteiger partial charge in [0.15, 0.2) is 0 Å². The number of aryl methyl sites for hydroxylation is 2. The lowest BCUT2D eigenvalue weighted by atomic mass is 10.1. The molecule has 2 aromatic carbocycles. The highest BCUT2D eigenvalue weighted by Crippen LogP contribution is 2.34.